The van der Waals surface area contributed by atoms with E-state index in [2.05, 4.69) is 9.72 Å². The molecule has 1 rings (SSSR count). The van der Waals surface area contributed by atoms with Crippen LogP contribution in [-0.4, -0.2) is 24.7 Å². The summed E-state index contributed by atoms with van der Waals surface area (Å²) in [5.41, 5.74) is -3.54. The van der Waals surface area contributed by atoms with Crippen LogP contribution < -0.4 is 4.74 Å². The molecule has 0 aliphatic heterocycles. The Morgan fingerprint density at radius 2 is 1.90 bits per heavy atom. The Morgan fingerprint density at radius 3 is 2.24 bits per heavy atom. The van der Waals surface area contributed by atoms with Gasteiger partial charge in [-0.15, -0.1) is 13.2 Å². The molecule has 0 fully saturated rings. The summed E-state index contributed by atoms with van der Waals surface area (Å²) in [6.45, 7) is 0. The van der Waals surface area contributed by atoms with Gasteiger partial charge in [0.25, 0.3) is 15.5 Å². The number of aromatic nitrogens is 1. The molecule has 1 aromatic heterocycles. The molecule has 0 amide bonds. The highest BCUT2D eigenvalue weighted by Gasteiger charge is 2.39. The summed E-state index contributed by atoms with van der Waals surface area (Å²) in [6.07, 6.45) is -9.31. The summed E-state index contributed by atoms with van der Waals surface area (Å²) in [4.78, 5) is 11.7. The van der Waals surface area contributed by atoms with Crippen LogP contribution in [0.25, 0.3) is 0 Å². The van der Waals surface area contributed by atoms with Gasteiger partial charge in [-0.25, -0.2) is 22.2 Å². The van der Waals surface area contributed by atoms with Crippen molar-refractivity contribution in [2.45, 2.75) is 17.8 Å². The zero-order valence-corrected chi connectivity index (χ0v) is 10.8. The molecule has 0 N–H and O–H groups in total. The SMILES string of the molecule is O=[N+]([O-])c1cc(S(=O)(=O)Cl)nc(C(F)F)c1OC(F)(F)F. The standard InChI is InChI=1S/C7H2ClF5N2O5S/c8-21(18,19)3-1-2(15(16)17)5(20-7(11,12)13)4(14-3)6(9)10/h1,6H. The van der Waals surface area contributed by atoms with E-state index in [1.807, 2.05) is 0 Å². The Balaban J connectivity index is 3.71. The average molecular weight is 357 g/mol. The minimum atomic E-state index is -5.53. The van der Waals surface area contributed by atoms with Gasteiger partial charge in [0.1, 0.15) is 0 Å². The molecule has 0 aromatic carbocycles. The second-order valence-electron chi connectivity index (χ2n) is 3.24. The molecule has 0 bridgehead atoms. The summed E-state index contributed by atoms with van der Waals surface area (Å²) in [5, 5.41) is 9.21. The van der Waals surface area contributed by atoms with E-state index in [0.717, 1.165) is 0 Å². The number of nitrogens with zero attached hydrogens (tertiary/aromatic N) is 2. The molecule has 0 spiro atoms. The van der Waals surface area contributed by atoms with Crippen molar-refractivity contribution in [1.29, 1.82) is 0 Å². The number of pyridine rings is 1. The van der Waals surface area contributed by atoms with E-state index in [-0.39, 0.29) is 6.07 Å². The fourth-order valence-corrected chi connectivity index (χ4v) is 1.84. The van der Waals surface area contributed by atoms with Gasteiger partial charge < -0.3 is 4.74 Å². The topological polar surface area (TPSA) is 99.4 Å². The third kappa shape index (κ3) is 4.35. The van der Waals surface area contributed by atoms with E-state index in [1.165, 1.54) is 0 Å². The van der Waals surface area contributed by atoms with E-state index in [0.29, 0.717) is 0 Å². The van der Waals surface area contributed by atoms with Crippen molar-refractivity contribution in [2.24, 2.45) is 0 Å². The summed E-state index contributed by atoms with van der Waals surface area (Å²) < 4.78 is 86.6. The molecule has 0 saturated carbocycles. The second-order valence-corrected chi connectivity index (χ2v) is 5.75. The normalized spacial score (nSPS) is 12.5. The maximum absolute atomic E-state index is 12.6. The zero-order chi connectivity index (χ0) is 16.6. The molecule has 118 valence electrons. The third-order valence-corrected chi connectivity index (χ3v) is 3.01. The summed E-state index contributed by atoms with van der Waals surface area (Å²) >= 11 is 0. The van der Waals surface area contributed by atoms with Crippen LogP contribution >= 0.6 is 10.7 Å². The van der Waals surface area contributed by atoms with Crippen LogP contribution in [0.5, 0.6) is 5.75 Å². The molecule has 0 atom stereocenters. The lowest BCUT2D eigenvalue weighted by Gasteiger charge is -2.13. The lowest BCUT2D eigenvalue weighted by molar-refractivity contribution is -0.389. The van der Waals surface area contributed by atoms with Gasteiger partial charge >= 0.3 is 12.0 Å². The van der Waals surface area contributed by atoms with E-state index in [1.54, 1.807) is 0 Å². The van der Waals surface area contributed by atoms with Gasteiger partial charge in [0.2, 0.25) is 5.75 Å². The van der Waals surface area contributed by atoms with Gasteiger partial charge in [0.05, 0.1) is 11.0 Å². The van der Waals surface area contributed by atoms with Gasteiger partial charge in [-0.3, -0.25) is 10.1 Å². The highest BCUT2D eigenvalue weighted by atomic mass is 35.7. The predicted octanol–water partition coefficient (Wildman–Crippen LogP) is 2.75. The van der Waals surface area contributed by atoms with E-state index < -0.39 is 48.9 Å². The Morgan fingerprint density at radius 1 is 1.38 bits per heavy atom. The molecule has 21 heavy (non-hydrogen) atoms. The van der Waals surface area contributed by atoms with Gasteiger partial charge in [0.15, 0.2) is 10.7 Å². The van der Waals surface area contributed by atoms with Crippen LogP contribution in [-0.2, 0) is 9.05 Å². The van der Waals surface area contributed by atoms with Crippen LogP contribution in [0.3, 0.4) is 0 Å². The third-order valence-electron chi connectivity index (χ3n) is 1.83. The Bertz CT molecular complexity index is 677. The first kappa shape index (κ1) is 17.3. The van der Waals surface area contributed by atoms with Crippen molar-refractivity contribution >= 4 is 25.4 Å². The van der Waals surface area contributed by atoms with E-state index >= 15 is 0 Å². The maximum atomic E-state index is 12.6. The minimum absolute atomic E-state index is 0.0186. The summed E-state index contributed by atoms with van der Waals surface area (Å²) in [7, 11) is -0.0123. The fraction of sp³-hybridized carbons (Fsp3) is 0.286. The van der Waals surface area contributed by atoms with E-state index in [4.69, 9.17) is 10.7 Å². The predicted molar refractivity (Wildman–Crippen MR) is 55.6 cm³/mol. The number of rotatable bonds is 4. The lowest BCUT2D eigenvalue weighted by atomic mass is 10.3. The average Bonchev–Trinajstić information content (AvgIpc) is 2.24. The van der Waals surface area contributed by atoms with Gasteiger partial charge in [-0.05, 0) is 0 Å². The molecule has 0 radical (unpaired) electrons. The molecule has 0 unspecified atom stereocenters. The zero-order valence-electron chi connectivity index (χ0n) is 9.27. The maximum Gasteiger partial charge on any atom is 0.573 e. The Hall–Kier alpha value is -1.76. The van der Waals surface area contributed by atoms with Crippen molar-refractivity contribution in [3.63, 3.8) is 0 Å². The molecule has 0 aliphatic rings. The van der Waals surface area contributed by atoms with Crippen LogP contribution in [0.15, 0.2) is 11.1 Å². The second kappa shape index (κ2) is 5.55. The monoisotopic (exact) mass is 356 g/mol. The van der Waals surface area contributed by atoms with Crippen LogP contribution in [0, 0.1) is 10.1 Å². The first-order chi connectivity index (χ1) is 9.33. The summed E-state index contributed by atoms with van der Waals surface area (Å²) in [5.74, 6) is -1.91. The highest BCUT2D eigenvalue weighted by molar-refractivity contribution is 8.13. The summed E-state index contributed by atoms with van der Waals surface area (Å²) in [6, 6.07) is -0.0186. The number of halogens is 6. The quantitative estimate of drug-likeness (QED) is 0.356. The van der Waals surface area contributed by atoms with Crippen molar-refractivity contribution in [3.8, 4) is 5.75 Å². The Labute approximate surface area is 116 Å². The van der Waals surface area contributed by atoms with Gasteiger partial charge in [-0.1, -0.05) is 0 Å². The van der Waals surface area contributed by atoms with Crippen molar-refractivity contribution in [1.82, 2.24) is 4.98 Å². The fourth-order valence-electron chi connectivity index (χ4n) is 1.14. The van der Waals surface area contributed by atoms with Gasteiger partial charge in [0, 0.05) is 10.7 Å². The van der Waals surface area contributed by atoms with Crippen molar-refractivity contribution in [2.75, 3.05) is 0 Å². The molecule has 7 nitrogen and oxygen atoms in total. The first-order valence-corrected chi connectivity index (χ1v) is 6.81. The number of ether oxygens (including phenoxy) is 1. The molecule has 0 aliphatic carbocycles. The molecule has 0 saturated heterocycles. The van der Waals surface area contributed by atoms with Crippen LogP contribution in [0.2, 0.25) is 0 Å². The lowest BCUT2D eigenvalue weighted by Crippen LogP contribution is -2.20. The van der Waals surface area contributed by atoms with Crippen LogP contribution in [0.4, 0.5) is 27.6 Å². The van der Waals surface area contributed by atoms with E-state index in [9.17, 15) is 40.5 Å². The number of alkyl halides is 5. The molecule has 1 aromatic rings. The van der Waals surface area contributed by atoms with Gasteiger partial charge in [-0.2, -0.15) is 0 Å². The highest BCUT2D eigenvalue weighted by Crippen LogP contribution is 2.40. The molecular weight excluding hydrogens is 355 g/mol. The van der Waals surface area contributed by atoms with Crippen molar-refractivity contribution in [3.05, 3.63) is 21.9 Å². The minimum Gasteiger partial charge on any atom is -0.396 e. The number of hydrogen-bond donors (Lipinski definition) is 0. The molecule has 14 heteroatoms. The largest absolute Gasteiger partial charge is 0.573 e. The Kier molecular flexibility index (Phi) is 4.57. The van der Waals surface area contributed by atoms with Crippen LogP contribution in [0.1, 0.15) is 12.1 Å². The number of nitro groups is 1. The smallest absolute Gasteiger partial charge is 0.396 e. The van der Waals surface area contributed by atoms with Crippen molar-refractivity contribution < 1.29 is 40.0 Å². The first-order valence-electron chi connectivity index (χ1n) is 4.51. The molecule has 1 heterocycles. The number of hydrogen-bond acceptors (Lipinski definition) is 6. The molecular formula is C7H2ClF5N2O5S.